The van der Waals surface area contributed by atoms with Crippen LogP contribution in [0.4, 0.5) is 5.69 Å². The number of esters is 1. The van der Waals surface area contributed by atoms with Gasteiger partial charge in [0, 0.05) is 30.4 Å². The van der Waals surface area contributed by atoms with Crippen molar-refractivity contribution in [3.05, 3.63) is 241 Å². The van der Waals surface area contributed by atoms with Crippen molar-refractivity contribution in [2.75, 3.05) is 25.1 Å². The van der Waals surface area contributed by atoms with Crippen molar-refractivity contribution in [1.29, 1.82) is 0 Å². The summed E-state index contributed by atoms with van der Waals surface area (Å²) < 4.78 is 11.8. The average molecular weight is 1030 g/mol. The van der Waals surface area contributed by atoms with Crippen molar-refractivity contribution in [3.63, 3.8) is 0 Å². The summed E-state index contributed by atoms with van der Waals surface area (Å²) in [6.07, 6.45) is 0.824. The standard InChI is InChI=1S/C38H45NO4.3C7H7.Hf/c1-25(2)32-22-28(6)23-33(26(3)4)36(32)39(7)19-12-20-42-35-18-17-27(5)21-34(35)30-15-11-16-31(37(30)40)38(41)43-24-29-13-9-8-10-14-29;3*1-7-5-3-2-4-6-7;/h8-11,13-18,21-23,25-26,40H,12,19-20,24H2,1-7H3;3*2-6H,1H2;/q;3*-1;+4. The number of carbonyl (C=O) groups is 1. The first kappa shape index (κ1) is 53.2. The zero-order valence-electron chi connectivity index (χ0n) is 39.4. The van der Waals surface area contributed by atoms with E-state index in [1.165, 1.54) is 22.4 Å². The molecular formula is C59H66HfNO4+. The van der Waals surface area contributed by atoms with Crippen LogP contribution in [-0.2, 0) is 37.2 Å². The summed E-state index contributed by atoms with van der Waals surface area (Å²) in [5, 5.41) is 11.2. The molecule has 0 aromatic heterocycles. The maximum Gasteiger partial charge on any atom is 4.00 e. The van der Waals surface area contributed by atoms with Gasteiger partial charge in [0.15, 0.2) is 0 Å². The molecule has 6 heteroatoms. The van der Waals surface area contributed by atoms with Crippen molar-refractivity contribution < 1.29 is 45.2 Å². The van der Waals surface area contributed by atoms with Gasteiger partial charge >= 0.3 is 31.8 Å². The molecular weight excluding hydrogens is 965 g/mol. The summed E-state index contributed by atoms with van der Waals surface area (Å²) in [5.74, 6) is 0.844. The van der Waals surface area contributed by atoms with E-state index < -0.39 is 5.97 Å². The third-order valence-electron chi connectivity index (χ3n) is 10.3. The maximum absolute atomic E-state index is 12.9. The number of benzene rings is 7. The number of para-hydroxylation sites is 1. The van der Waals surface area contributed by atoms with Gasteiger partial charge in [0.05, 0.1) is 6.61 Å². The first-order valence-corrected chi connectivity index (χ1v) is 22.0. The Kier molecular flexibility index (Phi) is 22.9. The number of phenolic OH excluding ortho intramolecular Hbond substituents is 1. The molecule has 0 aliphatic heterocycles. The monoisotopic (exact) mass is 1030 g/mol. The molecule has 0 aliphatic carbocycles. The third kappa shape index (κ3) is 17.8. The minimum atomic E-state index is -0.570. The van der Waals surface area contributed by atoms with E-state index in [0.717, 1.165) is 46.3 Å². The summed E-state index contributed by atoms with van der Waals surface area (Å²) >= 11 is 0. The Balaban J connectivity index is 0.000000411. The largest absolute Gasteiger partial charge is 4.00 e. The molecule has 1 N–H and O–H groups in total. The Hall–Kier alpha value is -6.11. The molecule has 0 amide bonds. The number of ether oxygens (including phenoxy) is 2. The van der Waals surface area contributed by atoms with Gasteiger partial charge in [-0.3, -0.25) is 0 Å². The molecule has 0 saturated heterocycles. The van der Waals surface area contributed by atoms with Crippen LogP contribution >= 0.6 is 0 Å². The number of aromatic hydroxyl groups is 1. The van der Waals surface area contributed by atoms with Crippen LogP contribution in [-0.4, -0.2) is 31.3 Å². The smallest absolute Gasteiger partial charge is 0.506 e. The minimum absolute atomic E-state index is 0. The Morgan fingerprint density at radius 1 is 0.600 bits per heavy atom. The number of hydrogen-bond acceptors (Lipinski definition) is 5. The Bertz CT molecular complexity index is 2320. The zero-order valence-corrected chi connectivity index (χ0v) is 43.0. The first-order chi connectivity index (χ1) is 30.7. The predicted molar refractivity (Wildman–Crippen MR) is 269 cm³/mol. The van der Waals surface area contributed by atoms with Crippen LogP contribution in [0.15, 0.2) is 170 Å². The van der Waals surface area contributed by atoms with E-state index in [9.17, 15) is 9.90 Å². The number of phenols is 1. The molecule has 5 nitrogen and oxygen atoms in total. The van der Waals surface area contributed by atoms with Crippen molar-refractivity contribution >= 4 is 11.7 Å². The SMILES string of the molecule is Cc1ccc(OCCCN(C)c2c(C(C)C)cc(C)cc2C(C)C)c(-c2cccc(C(=O)OCc3ccccc3)c2O)c1.[CH2-]c1ccccc1.[CH2-]c1ccccc1.[CH2-]c1ccccc1.[Hf+4]. The number of rotatable bonds is 12. The second kappa shape index (κ2) is 27.9. The molecule has 0 bridgehead atoms. The van der Waals surface area contributed by atoms with Crippen LogP contribution in [0.3, 0.4) is 0 Å². The van der Waals surface area contributed by atoms with Crippen molar-refractivity contribution in [3.8, 4) is 22.6 Å². The number of aryl methyl sites for hydroxylation is 2. The van der Waals surface area contributed by atoms with Crippen LogP contribution in [0.1, 0.15) is 101 Å². The Morgan fingerprint density at radius 2 is 1.08 bits per heavy atom. The van der Waals surface area contributed by atoms with Gasteiger partial charge in [-0.25, -0.2) is 4.79 Å². The predicted octanol–water partition coefficient (Wildman–Crippen LogP) is 14.8. The molecule has 0 atom stereocenters. The molecule has 65 heavy (non-hydrogen) atoms. The van der Waals surface area contributed by atoms with Gasteiger partial charge in [-0.2, -0.15) is 73.9 Å². The molecule has 0 aliphatic rings. The Morgan fingerprint density at radius 3 is 1.52 bits per heavy atom. The van der Waals surface area contributed by atoms with E-state index >= 15 is 0 Å². The minimum Gasteiger partial charge on any atom is -0.506 e. The zero-order chi connectivity index (χ0) is 46.4. The number of hydrogen-bond donors (Lipinski definition) is 1. The van der Waals surface area contributed by atoms with Crippen molar-refractivity contribution in [2.45, 2.75) is 66.4 Å². The van der Waals surface area contributed by atoms with E-state index in [1.807, 2.05) is 146 Å². The van der Waals surface area contributed by atoms with Gasteiger partial charge in [0.1, 0.15) is 23.7 Å². The topological polar surface area (TPSA) is 59.0 Å². The molecule has 7 rings (SSSR count). The summed E-state index contributed by atoms with van der Waals surface area (Å²) in [6.45, 7) is 25.9. The molecule has 0 unspecified atom stereocenters. The van der Waals surface area contributed by atoms with E-state index in [1.54, 1.807) is 18.2 Å². The number of nitrogens with zero attached hydrogens (tertiary/aromatic N) is 1. The maximum atomic E-state index is 12.9. The molecule has 0 saturated carbocycles. The average Bonchev–Trinajstić information content (AvgIpc) is 3.29. The summed E-state index contributed by atoms with van der Waals surface area (Å²) in [5.41, 5.74) is 11.9. The van der Waals surface area contributed by atoms with Crippen molar-refractivity contribution in [2.24, 2.45) is 0 Å². The van der Waals surface area contributed by atoms with Gasteiger partial charge in [-0.05, 0) is 67.0 Å². The molecule has 334 valence electrons. The van der Waals surface area contributed by atoms with E-state index in [4.69, 9.17) is 9.47 Å². The molecule has 7 aromatic rings. The fraction of sp³-hybridized carbons (Fsp3) is 0.220. The Labute approximate surface area is 409 Å². The van der Waals surface area contributed by atoms with E-state index in [2.05, 4.69) is 79.5 Å². The third-order valence-corrected chi connectivity index (χ3v) is 10.3. The quantitative estimate of drug-likeness (QED) is 0.0572. The molecule has 0 spiro atoms. The fourth-order valence-electron chi connectivity index (χ4n) is 6.89. The van der Waals surface area contributed by atoms with Gasteiger partial charge < -0.3 is 19.5 Å². The fourth-order valence-corrected chi connectivity index (χ4v) is 6.89. The summed E-state index contributed by atoms with van der Waals surface area (Å²) in [6, 6.07) is 54.8. The second-order valence-electron chi connectivity index (χ2n) is 16.4. The van der Waals surface area contributed by atoms with Crippen LogP contribution in [0.25, 0.3) is 11.1 Å². The van der Waals surface area contributed by atoms with Crippen LogP contribution < -0.4 is 9.64 Å². The summed E-state index contributed by atoms with van der Waals surface area (Å²) in [7, 11) is 2.17. The molecule has 0 heterocycles. The normalized spacial score (nSPS) is 10.2. The molecule has 0 radical (unpaired) electrons. The molecule has 0 fully saturated rings. The van der Waals surface area contributed by atoms with Crippen LogP contribution in [0.2, 0.25) is 0 Å². The number of anilines is 1. The van der Waals surface area contributed by atoms with Gasteiger partial charge in [0.2, 0.25) is 0 Å². The van der Waals surface area contributed by atoms with E-state index in [-0.39, 0.29) is 43.8 Å². The molecule has 7 aromatic carbocycles. The van der Waals surface area contributed by atoms with Crippen molar-refractivity contribution in [1.82, 2.24) is 0 Å². The number of carbonyl (C=O) groups excluding carboxylic acids is 1. The van der Waals surface area contributed by atoms with Gasteiger partial charge in [-0.15, -0.1) is 36.4 Å². The van der Waals surface area contributed by atoms with Crippen LogP contribution in [0, 0.1) is 34.6 Å². The summed E-state index contributed by atoms with van der Waals surface area (Å²) in [4.78, 5) is 15.3. The van der Waals surface area contributed by atoms with Crippen LogP contribution in [0.5, 0.6) is 11.5 Å². The van der Waals surface area contributed by atoms with Gasteiger partial charge in [-0.1, -0.05) is 118 Å². The first-order valence-electron chi connectivity index (χ1n) is 22.0. The van der Waals surface area contributed by atoms with Gasteiger partial charge in [0.25, 0.3) is 0 Å². The van der Waals surface area contributed by atoms with E-state index in [0.29, 0.717) is 29.8 Å². The second-order valence-corrected chi connectivity index (χ2v) is 16.4.